The quantitative estimate of drug-likeness (QED) is 0.874. The number of halogens is 1. The average molecular weight is 311 g/mol. The molecule has 0 radical (unpaired) electrons. The summed E-state index contributed by atoms with van der Waals surface area (Å²) < 4.78 is 24.4. The number of alkyl carbamates (subject to hydrolysis) is 1. The summed E-state index contributed by atoms with van der Waals surface area (Å²) in [5.74, 6) is 0.0956. The number of amides is 1. The van der Waals surface area contributed by atoms with Crippen LogP contribution < -0.4 is 10.1 Å². The molecule has 1 N–H and O–H groups in total. The number of carbonyl (C=O) groups is 1. The van der Waals surface area contributed by atoms with E-state index < -0.39 is 17.5 Å². The summed E-state index contributed by atoms with van der Waals surface area (Å²) in [6.07, 6.45) is -0.506. The molecule has 1 rings (SSSR count). The Morgan fingerprint density at radius 3 is 2.45 bits per heavy atom. The number of nitrogens with one attached hydrogen (secondary N) is 1. The first-order chi connectivity index (χ1) is 10.1. The van der Waals surface area contributed by atoms with Gasteiger partial charge < -0.3 is 14.8 Å². The number of rotatable bonds is 5. The SMILES string of the molecule is CC(C)COc1cc([C@@H](C)NC(=O)OC(C)(C)C)ccc1F. The molecule has 0 unspecified atom stereocenters. The van der Waals surface area contributed by atoms with Crippen LogP contribution in [0.25, 0.3) is 0 Å². The van der Waals surface area contributed by atoms with Crippen molar-refractivity contribution >= 4 is 6.09 Å². The second kappa shape index (κ2) is 7.47. The fourth-order valence-corrected chi connectivity index (χ4v) is 1.72. The van der Waals surface area contributed by atoms with Gasteiger partial charge in [-0.3, -0.25) is 0 Å². The molecule has 124 valence electrons. The fourth-order valence-electron chi connectivity index (χ4n) is 1.72. The predicted octanol–water partition coefficient (Wildman–Crippen LogP) is 4.45. The van der Waals surface area contributed by atoms with Crippen molar-refractivity contribution in [3.8, 4) is 5.75 Å². The van der Waals surface area contributed by atoms with Crippen molar-refractivity contribution < 1.29 is 18.7 Å². The van der Waals surface area contributed by atoms with Crippen LogP contribution in [0.2, 0.25) is 0 Å². The van der Waals surface area contributed by atoms with Crippen LogP contribution in [0.3, 0.4) is 0 Å². The maximum absolute atomic E-state index is 13.7. The summed E-state index contributed by atoms with van der Waals surface area (Å²) in [5, 5.41) is 2.73. The van der Waals surface area contributed by atoms with Crippen LogP contribution in [0.15, 0.2) is 18.2 Å². The Morgan fingerprint density at radius 2 is 1.91 bits per heavy atom. The minimum atomic E-state index is -0.557. The third-order valence-corrected chi connectivity index (χ3v) is 2.76. The Morgan fingerprint density at radius 1 is 1.27 bits per heavy atom. The van der Waals surface area contributed by atoms with Gasteiger partial charge in [-0.1, -0.05) is 19.9 Å². The van der Waals surface area contributed by atoms with Crippen LogP contribution in [0.4, 0.5) is 9.18 Å². The van der Waals surface area contributed by atoms with Crippen molar-refractivity contribution in [3.05, 3.63) is 29.6 Å². The zero-order chi connectivity index (χ0) is 16.9. The van der Waals surface area contributed by atoms with Crippen molar-refractivity contribution in [2.45, 2.75) is 53.2 Å². The first-order valence-electron chi connectivity index (χ1n) is 7.50. The van der Waals surface area contributed by atoms with E-state index in [-0.39, 0.29) is 11.8 Å². The third-order valence-electron chi connectivity index (χ3n) is 2.76. The summed E-state index contributed by atoms with van der Waals surface area (Å²) in [7, 11) is 0. The average Bonchev–Trinajstić information content (AvgIpc) is 2.34. The Bertz CT molecular complexity index is 509. The van der Waals surface area contributed by atoms with E-state index in [0.29, 0.717) is 12.5 Å². The molecule has 1 atom stereocenters. The molecule has 22 heavy (non-hydrogen) atoms. The van der Waals surface area contributed by atoms with Crippen molar-refractivity contribution in [2.75, 3.05) is 6.61 Å². The smallest absolute Gasteiger partial charge is 0.408 e. The summed E-state index contributed by atoms with van der Waals surface area (Å²) >= 11 is 0. The first kappa shape index (κ1) is 18.3. The zero-order valence-electron chi connectivity index (χ0n) is 14.2. The molecule has 1 aromatic rings. The molecule has 0 aromatic heterocycles. The molecule has 0 saturated heterocycles. The molecule has 0 aliphatic carbocycles. The fraction of sp³-hybridized carbons (Fsp3) is 0.588. The first-order valence-corrected chi connectivity index (χ1v) is 7.50. The molecule has 0 aliphatic heterocycles. The molecular formula is C17H26FNO3. The maximum Gasteiger partial charge on any atom is 0.408 e. The summed E-state index contributed by atoms with van der Waals surface area (Å²) in [5.41, 5.74) is 0.198. The van der Waals surface area contributed by atoms with Crippen LogP contribution >= 0.6 is 0 Å². The Hall–Kier alpha value is -1.78. The third kappa shape index (κ3) is 6.33. The van der Waals surface area contributed by atoms with Crippen molar-refractivity contribution in [2.24, 2.45) is 5.92 Å². The highest BCUT2D eigenvalue weighted by Crippen LogP contribution is 2.23. The van der Waals surface area contributed by atoms with Gasteiger partial charge in [0.2, 0.25) is 0 Å². The van der Waals surface area contributed by atoms with E-state index >= 15 is 0 Å². The largest absolute Gasteiger partial charge is 0.490 e. The van der Waals surface area contributed by atoms with E-state index in [0.717, 1.165) is 5.56 Å². The normalized spacial score (nSPS) is 12.9. The zero-order valence-corrected chi connectivity index (χ0v) is 14.2. The lowest BCUT2D eigenvalue weighted by Crippen LogP contribution is -2.34. The lowest BCUT2D eigenvalue weighted by Gasteiger charge is -2.22. The minimum absolute atomic E-state index is 0.198. The maximum atomic E-state index is 13.7. The number of benzene rings is 1. The molecule has 0 bridgehead atoms. The molecule has 0 heterocycles. The predicted molar refractivity (Wildman–Crippen MR) is 84.5 cm³/mol. The van der Waals surface area contributed by atoms with E-state index in [4.69, 9.17) is 9.47 Å². The lowest BCUT2D eigenvalue weighted by molar-refractivity contribution is 0.0508. The van der Waals surface area contributed by atoms with Gasteiger partial charge in [0.05, 0.1) is 12.6 Å². The molecule has 5 heteroatoms. The lowest BCUT2D eigenvalue weighted by atomic mass is 10.1. The van der Waals surface area contributed by atoms with Gasteiger partial charge >= 0.3 is 6.09 Å². The molecule has 0 saturated carbocycles. The summed E-state index contributed by atoms with van der Waals surface area (Å²) in [6.45, 7) is 11.6. The van der Waals surface area contributed by atoms with Crippen molar-refractivity contribution in [1.82, 2.24) is 5.32 Å². The summed E-state index contributed by atoms with van der Waals surface area (Å²) in [4.78, 5) is 11.8. The molecule has 0 fully saturated rings. The van der Waals surface area contributed by atoms with Crippen LogP contribution in [0.5, 0.6) is 5.75 Å². The highest BCUT2D eigenvalue weighted by atomic mass is 19.1. The summed E-state index contributed by atoms with van der Waals surface area (Å²) in [6, 6.07) is 4.27. The Labute approximate surface area is 132 Å². The van der Waals surface area contributed by atoms with Gasteiger partial charge in [0.15, 0.2) is 11.6 Å². The topological polar surface area (TPSA) is 47.6 Å². The second-order valence-corrected chi connectivity index (χ2v) is 6.76. The van der Waals surface area contributed by atoms with E-state index in [1.807, 2.05) is 20.8 Å². The minimum Gasteiger partial charge on any atom is -0.490 e. The van der Waals surface area contributed by atoms with Crippen LogP contribution in [0, 0.1) is 11.7 Å². The van der Waals surface area contributed by atoms with Crippen LogP contribution in [0.1, 0.15) is 53.1 Å². The highest BCUT2D eigenvalue weighted by Gasteiger charge is 2.19. The van der Waals surface area contributed by atoms with Gasteiger partial charge in [0.25, 0.3) is 0 Å². The van der Waals surface area contributed by atoms with Crippen molar-refractivity contribution in [1.29, 1.82) is 0 Å². The van der Waals surface area contributed by atoms with Crippen LogP contribution in [-0.2, 0) is 4.74 Å². The van der Waals surface area contributed by atoms with E-state index in [1.165, 1.54) is 6.07 Å². The Balaban J connectivity index is 2.75. The molecule has 1 amide bonds. The highest BCUT2D eigenvalue weighted by molar-refractivity contribution is 5.68. The van der Waals surface area contributed by atoms with Gasteiger partial charge in [0.1, 0.15) is 5.60 Å². The number of hydrogen-bond donors (Lipinski definition) is 1. The Kier molecular flexibility index (Phi) is 6.21. The number of hydrogen-bond acceptors (Lipinski definition) is 3. The number of ether oxygens (including phenoxy) is 2. The molecule has 0 aliphatic rings. The molecule has 0 spiro atoms. The van der Waals surface area contributed by atoms with E-state index in [1.54, 1.807) is 32.9 Å². The van der Waals surface area contributed by atoms with Gasteiger partial charge in [-0.2, -0.15) is 0 Å². The molecule has 4 nitrogen and oxygen atoms in total. The van der Waals surface area contributed by atoms with Crippen molar-refractivity contribution in [3.63, 3.8) is 0 Å². The van der Waals surface area contributed by atoms with E-state index in [2.05, 4.69) is 5.32 Å². The van der Waals surface area contributed by atoms with E-state index in [9.17, 15) is 9.18 Å². The van der Waals surface area contributed by atoms with Gasteiger partial charge in [-0.05, 0) is 51.3 Å². The van der Waals surface area contributed by atoms with Gasteiger partial charge in [-0.15, -0.1) is 0 Å². The van der Waals surface area contributed by atoms with Gasteiger partial charge in [0, 0.05) is 0 Å². The van der Waals surface area contributed by atoms with Gasteiger partial charge in [-0.25, -0.2) is 9.18 Å². The number of carbonyl (C=O) groups excluding carboxylic acids is 1. The van der Waals surface area contributed by atoms with Crippen LogP contribution in [-0.4, -0.2) is 18.3 Å². The molecule has 1 aromatic carbocycles. The molecular weight excluding hydrogens is 285 g/mol. The second-order valence-electron chi connectivity index (χ2n) is 6.76. The standard InChI is InChI=1S/C17H26FNO3/c1-11(2)10-21-15-9-13(7-8-14(15)18)12(3)19-16(20)22-17(4,5)6/h7-9,11-12H,10H2,1-6H3,(H,19,20)/t12-/m1/s1. The monoisotopic (exact) mass is 311 g/mol.